The molecule has 5 nitrogen and oxygen atoms in total. The highest BCUT2D eigenvalue weighted by molar-refractivity contribution is 7.17. The zero-order valence-corrected chi connectivity index (χ0v) is 12.0. The second kappa shape index (κ2) is 4.85. The number of rotatable bonds is 3. The van der Waals surface area contributed by atoms with Gasteiger partial charge in [0, 0.05) is 20.1 Å². The molecule has 1 aromatic heterocycles. The third kappa shape index (κ3) is 2.81. The van der Waals surface area contributed by atoms with Gasteiger partial charge in [0.1, 0.15) is 4.88 Å². The summed E-state index contributed by atoms with van der Waals surface area (Å²) in [6.45, 7) is 5.15. The van der Waals surface area contributed by atoms with Gasteiger partial charge in [-0.25, -0.2) is 4.98 Å². The van der Waals surface area contributed by atoms with Gasteiger partial charge < -0.3 is 15.5 Å². The van der Waals surface area contributed by atoms with Gasteiger partial charge in [-0.1, -0.05) is 18.3 Å². The van der Waals surface area contributed by atoms with Crippen LogP contribution in [0.1, 0.15) is 23.0 Å². The van der Waals surface area contributed by atoms with E-state index in [2.05, 4.69) is 23.9 Å². The second-order valence-electron chi connectivity index (χ2n) is 5.52. The molecule has 2 heterocycles. The van der Waals surface area contributed by atoms with Gasteiger partial charge in [-0.3, -0.25) is 4.79 Å². The Balaban J connectivity index is 2.00. The number of thiazole rings is 1. The lowest BCUT2D eigenvalue weighted by atomic mass is 9.89. The van der Waals surface area contributed by atoms with Gasteiger partial charge in [0.2, 0.25) is 0 Å². The summed E-state index contributed by atoms with van der Waals surface area (Å²) in [6.07, 6.45) is 2.69. The molecule has 2 rings (SSSR count). The molecule has 1 atom stereocenters. The van der Waals surface area contributed by atoms with Gasteiger partial charge in [-0.2, -0.15) is 0 Å². The predicted octanol–water partition coefficient (Wildman–Crippen LogP) is 1.14. The fourth-order valence-electron chi connectivity index (χ4n) is 2.62. The van der Waals surface area contributed by atoms with Crippen molar-refractivity contribution in [3.63, 3.8) is 0 Å². The van der Waals surface area contributed by atoms with Crippen molar-refractivity contribution in [3.8, 4) is 0 Å². The fourth-order valence-corrected chi connectivity index (χ4v) is 3.30. The van der Waals surface area contributed by atoms with Gasteiger partial charge in [-0.05, 0) is 25.4 Å². The van der Waals surface area contributed by atoms with Gasteiger partial charge in [0.25, 0.3) is 5.91 Å². The van der Waals surface area contributed by atoms with Crippen molar-refractivity contribution in [3.05, 3.63) is 11.1 Å². The summed E-state index contributed by atoms with van der Waals surface area (Å²) in [6, 6.07) is 0. The maximum Gasteiger partial charge on any atom is 0.265 e. The Labute approximate surface area is 112 Å². The van der Waals surface area contributed by atoms with Gasteiger partial charge in [-0.15, -0.1) is 0 Å². The number of nitrogen functional groups attached to an aromatic ring is 1. The van der Waals surface area contributed by atoms with E-state index in [1.165, 1.54) is 11.3 Å². The zero-order valence-electron chi connectivity index (χ0n) is 11.1. The SMILES string of the molecule is CN1CC[C@](C)(CN(C)C(=O)c2cnc(N)s2)C1. The number of anilines is 1. The van der Waals surface area contributed by atoms with Crippen LogP contribution >= 0.6 is 11.3 Å². The van der Waals surface area contributed by atoms with Crippen LogP contribution in [0.3, 0.4) is 0 Å². The first kappa shape index (κ1) is 13.3. The standard InChI is InChI=1S/C12H20N4OS/c1-12(4-5-15(2)7-12)8-16(3)10(17)9-6-14-11(13)18-9/h6H,4-5,7-8H2,1-3H3,(H2,13,14)/t12-/m0/s1. The molecule has 1 amide bonds. The number of carbonyl (C=O) groups excluding carboxylic acids is 1. The maximum absolute atomic E-state index is 12.2. The number of nitrogens with two attached hydrogens (primary N) is 1. The summed E-state index contributed by atoms with van der Waals surface area (Å²) in [5, 5.41) is 0.443. The number of amides is 1. The molecule has 1 aliphatic rings. The van der Waals surface area contributed by atoms with Crippen LogP contribution in [0.4, 0.5) is 5.13 Å². The lowest BCUT2D eigenvalue weighted by Crippen LogP contribution is -2.38. The Bertz CT molecular complexity index is 447. The Morgan fingerprint density at radius 1 is 1.72 bits per heavy atom. The average molecular weight is 268 g/mol. The molecule has 0 spiro atoms. The molecule has 0 aliphatic carbocycles. The summed E-state index contributed by atoms with van der Waals surface area (Å²) < 4.78 is 0. The first-order valence-corrected chi connectivity index (χ1v) is 6.87. The van der Waals surface area contributed by atoms with E-state index in [9.17, 15) is 4.79 Å². The molecule has 100 valence electrons. The monoisotopic (exact) mass is 268 g/mol. The van der Waals surface area contributed by atoms with Crippen molar-refractivity contribution in [1.82, 2.24) is 14.8 Å². The third-order valence-electron chi connectivity index (χ3n) is 3.45. The van der Waals surface area contributed by atoms with Gasteiger partial charge >= 0.3 is 0 Å². The highest BCUT2D eigenvalue weighted by Crippen LogP contribution is 2.30. The smallest absolute Gasteiger partial charge is 0.265 e. The Morgan fingerprint density at radius 3 is 2.94 bits per heavy atom. The third-order valence-corrected chi connectivity index (χ3v) is 4.26. The number of carbonyl (C=O) groups is 1. The van der Waals surface area contributed by atoms with E-state index in [1.54, 1.807) is 11.1 Å². The van der Waals surface area contributed by atoms with Crippen LogP contribution in [0, 0.1) is 5.41 Å². The van der Waals surface area contributed by atoms with Crippen molar-refractivity contribution in [2.75, 3.05) is 39.5 Å². The Hall–Kier alpha value is -1.14. The van der Waals surface area contributed by atoms with E-state index in [0.717, 1.165) is 26.1 Å². The van der Waals surface area contributed by atoms with Crippen molar-refractivity contribution < 1.29 is 4.79 Å². The molecule has 1 saturated heterocycles. The Morgan fingerprint density at radius 2 is 2.44 bits per heavy atom. The summed E-state index contributed by atoms with van der Waals surface area (Å²) in [5.74, 6) is 0.0139. The summed E-state index contributed by atoms with van der Waals surface area (Å²) in [5.41, 5.74) is 5.74. The molecule has 1 aromatic rings. The van der Waals surface area contributed by atoms with Crippen LogP contribution < -0.4 is 5.73 Å². The van der Waals surface area contributed by atoms with E-state index in [-0.39, 0.29) is 11.3 Å². The number of nitrogens with zero attached hydrogens (tertiary/aromatic N) is 3. The van der Waals surface area contributed by atoms with Crippen LogP contribution in [0.15, 0.2) is 6.20 Å². The van der Waals surface area contributed by atoms with Crippen molar-refractivity contribution in [2.45, 2.75) is 13.3 Å². The van der Waals surface area contributed by atoms with Crippen LogP contribution in [-0.4, -0.2) is 54.4 Å². The van der Waals surface area contributed by atoms with E-state index >= 15 is 0 Å². The molecular formula is C12H20N4OS. The highest BCUT2D eigenvalue weighted by Gasteiger charge is 2.34. The van der Waals surface area contributed by atoms with E-state index in [1.807, 2.05) is 7.05 Å². The van der Waals surface area contributed by atoms with Crippen molar-refractivity contribution in [2.24, 2.45) is 5.41 Å². The topological polar surface area (TPSA) is 62.5 Å². The molecule has 18 heavy (non-hydrogen) atoms. The summed E-state index contributed by atoms with van der Waals surface area (Å²) in [7, 11) is 3.97. The maximum atomic E-state index is 12.2. The van der Waals surface area contributed by atoms with Gasteiger partial charge in [0.15, 0.2) is 5.13 Å². The quantitative estimate of drug-likeness (QED) is 0.893. The number of hydrogen-bond acceptors (Lipinski definition) is 5. The van der Waals surface area contributed by atoms with Crippen LogP contribution in [-0.2, 0) is 0 Å². The molecule has 0 saturated carbocycles. The van der Waals surface area contributed by atoms with Crippen LogP contribution in [0.2, 0.25) is 0 Å². The lowest BCUT2D eigenvalue weighted by molar-refractivity contribution is 0.0735. The van der Waals surface area contributed by atoms with E-state index in [0.29, 0.717) is 10.0 Å². The zero-order chi connectivity index (χ0) is 13.3. The minimum Gasteiger partial charge on any atom is -0.375 e. The second-order valence-corrected chi connectivity index (χ2v) is 6.58. The lowest BCUT2D eigenvalue weighted by Gasteiger charge is -2.29. The molecule has 0 unspecified atom stereocenters. The molecular weight excluding hydrogens is 248 g/mol. The fraction of sp³-hybridized carbons (Fsp3) is 0.667. The van der Waals surface area contributed by atoms with E-state index < -0.39 is 0 Å². The van der Waals surface area contributed by atoms with Crippen molar-refractivity contribution in [1.29, 1.82) is 0 Å². The molecule has 6 heteroatoms. The number of likely N-dealkylation sites (tertiary alicyclic amines) is 1. The molecule has 1 aliphatic heterocycles. The van der Waals surface area contributed by atoms with E-state index in [4.69, 9.17) is 5.73 Å². The molecule has 2 N–H and O–H groups in total. The van der Waals surface area contributed by atoms with Crippen LogP contribution in [0.25, 0.3) is 0 Å². The first-order chi connectivity index (χ1) is 8.39. The van der Waals surface area contributed by atoms with Gasteiger partial charge in [0.05, 0.1) is 6.20 Å². The predicted molar refractivity (Wildman–Crippen MR) is 73.7 cm³/mol. The highest BCUT2D eigenvalue weighted by atomic mass is 32.1. The summed E-state index contributed by atoms with van der Waals surface area (Å²) >= 11 is 1.25. The summed E-state index contributed by atoms with van der Waals surface area (Å²) in [4.78, 5) is 20.8. The van der Waals surface area contributed by atoms with Crippen LogP contribution in [0.5, 0.6) is 0 Å². The van der Waals surface area contributed by atoms with Crippen molar-refractivity contribution >= 4 is 22.4 Å². The Kier molecular flexibility index (Phi) is 3.59. The largest absolute Gasteiger partial charge is 0.375 e. The minimum absolute atomic E-state index is 0.0139. The minimum atomic E-state index is 0.0139. The number of aromatic nitrogens is 1. The molecule has 1 fully saturated rings. The normalized spacial score (nSPS) is 24.4. The molecule has 0 aromatic carbocycles. The first-order valence-electron chi connectivity index (χ1n) is 6.05. The molecule has 0 radical (unpaired) electrons. The number of hydrogen-bond donors (Lipinski definition) is 1. The average Bonchev–Trinajstić information content (AvgIpc) is 2.84. The molecule has 0 bridgehead atoms.